The normalized spacial score (nSPS) is 11.2. The third kappa shape index (κ3) is 5.06. The molecule has 26 heavy (non-hydrogen) atoms. The molecule has 0 radical (unpaired) electrons. The zero-order chi connectivity index (χ0) is 19.3. The Morgan fingerprint density at radius 3 is 2.27 bits per heavy atom. The van der Waals surface area contributed by atoms with Gasteiger partial charge in [0.05, 0.1) is 0 Å². The van der Waals surface area contributed by atoms with Crippen LogP contribution < -0.4 is 0 Å². The van der Waals surface area contributed by atoms with E-state index in [0.717, 1.165) is 6.42 Å². The van der Waals surface area contributed by atoms with Crippen LogP contribution >= 0.6 is 17.0 Å². The fourth-order valence-electron chi connectivity index (χ4n) is 3.41. The maximum absolute atomic E-state index is 4.93. The van der Waals surface area contributed by atoms with E-state index in [2.05, 4.69) is 83.1 Å². The molecule has 0 atom stereocenters. The second-order valence-corrected chi connectivity index (χ2v) is 11.5. The minimum atomic E-state index is -0.826. The van der Waals surface area contributed by atoms with Crippen LogP contribution in [0.3, 0.4) is 0 Å². The van der Waals surface area contributed by atoms with E-state index in [-0.39, 0.29) is 5.41 Å². The van der Waals surface area contributed by atoms with Crippen molar-refractivity contribution >= 4 is 27.8 Å². The van der Waals surface area contributed by atoms with Crippen molar-refractivity contribution in [1.29, 1.82) is 0 Å². The second-order valence-electron chi connectivity index (χ2n) is 7.73. The number of aryl methyl sites for hydroxylation is 2. The van der Waals surface area contributed by atoms with Gasteiger partial charge in [0, 0.05) is 0 Å². The molecular formula is C23H27Cl2Zr-. The van der Waals surface area contributed by atoms with Gasteiger partial charge in [0.2, 0.25) is 0 Å². The van der Waals surface area contributed by atoms with Crippen LogP contribution in [0.5, 0.6) is 0 Å². The summed E-state index contributed by atoms with van der Waals surface area (Å²) in [5.41, 5.74) is 7.27. The Balaban J connectivity index is 0.000000758. The van der Waals surface area contributed by atoms with E-state index >= 15 is 0 Å². The number of halogens is 2. The van der Waals surface area contributed by atoms with Crippen molar-refractivity contribution in [3.05, 3.63) is 65.2 Å². The standard InChI is InChI=1S/C23H27.2ClH.Zr/c1-6-9-17-12-13-18-14-19(23(3,4)5)15-21(18)22(17)20-11-8-7-10-16(20)2;;;/h7-8,10-15H,6,9H2,1-5H3;2*1H;/q-1;;;+2/p-2. The van der Waals surface area contributed by atoms with Gasteiger partial charge in [-0.25, -0.2) is 0 Å². The first-order valence-corrected chi connectivity index (χ1v) is 15.4. The number of benzene rings is 2. The Bertz CT molecular complexity index is 856. The average Bonchev–Trinajstić information content (AvgIpc) is 3.01. The average molecular weight is 466 g/mol. The van der Waals surface area contributed by atoms with E-state index in [1.54, 1.807) is 0 Å². The predicted molar refractivity (Wildman–Crippen MR) is 114 cm³/mol. The van der Waals surface area contributed by atoms with Gasteiger partial charge in [-0.3, -0.25) is 0 Å². The van der Waals surface area contributed by atoms with E-state index < -0.39 is 20.8 Å². The summed E-state index contributed by atoms with van der Waals surface area (Å²) in [6.45, 7) is 11.4. The van der Waals surface area contributed by atoms with Crippen molar-refractivity contribution in [2.45, 2.75) is 52.9 Å². The zero-order valence-electron chi connectivity index (χ0n) is 16.3. The summed E-state index contributed by atoms with van der Waals surface area (Å²) in [4.78, 5) is 0. The van der Waals surface area contributed by atoms with Crippen molar-refractivity contribution in [2.75, 3.05) is 0 Å². The summed E-state index contributed by atoms with van der Waals surface area (Å²) in [6, 6.07) is 18.2. The van der Waals surface area contributed by atoms with Crippen molar-refractivity contribution < 1.29 is 20.8 Å². The molecule has 0 aromatic heterocycles. The third-order valence-corrected chi connectivity index (χ3v) is 4.78. The molecule has 0 saturated carbocycles. The van der Waals surface area contributed by atoms with Crippen molar-refractivity contribution in [2.24, 2.45) is 0 Å². The van der Waals surface area contributed by atoms with Crippen LogP contribution in [-0.2, 0) is 32.7 Å². The van der Waals surface area contributed by atoms with Crippen LogP contribution in [-0.4, -0.2) is 0 Å². The summed E-state index contributed by atoms with van der Waals surface area (Å²) in [6.07, 6.45) is 2.31. The van der Waals surface area contributed by atoms with Crippen LogP contribution in [0.1, 0.15) is 50.8 Å². The molecule has 0 bridgehead atoms. The molecule has 0 nitrogen and oxygen atoms in total. The van der Waals surface area contributed by atoms with E-state index in [1.807, 2.05) is 0 Å². The van der Waals surface area contributed by atoms with E-state index in [0.29, 0.717) is 0 Å². The maximum atomic E-state index is 4.93. The van der Waals surface area contributed by atoms with Crippen molar-refractivity contribution in [1.82, 2.24) is 0 Å². The number of rotatable bonds is 3. The van der Waals surface area contributed by atoms with Gasteiger partial charge in [-0.15, -0.1) is 34.5 Å². The topological polar surface area (TPSA) is 0 Å². The van der Waals surface area contributed by atoms with E-state index in [9.17, 15) is 0 Å². The molecule has 0 spiro atoms. The Kier molecular flexibility index (Phi) is 8.08. The molecule has 0 fully saturated rings. The second kappa shape index (κ2) is 9.63. The number of fused-ring (bicyclic) bond motifs is 1. The monoisotopic (exact) mass is 463 g/mol. The van der Waals surface area contributed by atoms with Gasteiger partial charge < -0.3 is 0 Å². The molecule has 3 rings (SSSR count). The number of hydrogen-bond acceptors (Lipinski definition) is 0. The molecule has 0 amide bonds. The minimum absolute atomic E-state index is 0.187. The molecule has 3 aromatic rings. The molecule has 0 aliphatic carbocycles. The molecule has 3 heteroatoms. The van der Waals surface area contributed by atoms with Gasteiger partial charge >= 0.3 is 37.9 Å². The first-order chi connectivity index (χ1) is 12.3. The van der Waals surface area contributed by atoms with E-state index in [1.165, 1.54) is 45.0 Å². The summed E-state index contributed by atoms with van der Waals surface area (Å²) in [5, 5.41) is 2.78. The van der Waals surface area contributed by atoms with Crippen LogP contribution in [0.4, 0.5) is 0 Å². The Labute approximate surface area is 176 Å². The molecule has 0 aliphatic heterocycles. The summed E-state index contributed by atoms with van der Waals surface area (Å²) in [7, 11) is 9.87. The van der Waals surface area contributed by atoms with Gasteiger partial charge in [-0.1, -0.05) is 69.5 Å². The molecule has 3 aromatic carbocycles. The quantitative estimate of drug-likeness (QED) is 0.342. The van der Waals surface area contributed by atoms with Crippen LogP contribution in [0.25, 0.3) is 21.9 Å². The molecule has 0 saturated heterocycles. The predicted octanol–water partition coefficient (Wildman–Crippen LogP) is 8.16. The molecule has 0 aliphatic rings. The first kappa shape index (κ1) is 21.8. The van der Waals surface area contributed by atoms with Crippen molar-refractivity contribution in [3.63, 3.8) is 0 Å². The molecule has 0 heterocycles. The molecular weight excluding hydrogens is 438 g/mol. The van der Waals surface area contributed by atoms with Crippen LogP contribution in [0.2, 0.25) is 0 Å². The Morgan fingerprint density at radius 2 is 1.69 bits per heavy atom. The van der Waals surface area contributed by atoms with E-state index in [4.69, 9.17) is 17.0 Å². The Hall–Kier alpha value is -0.487. The summed E-state index contributed by atoms with van der Waals surface area (Å²) < 4.78 is 0. The van der Waals surface area contributed by atoms with Gasteiger partial charge in [-0.2, -0.15) is 6.07 Å². The SMILES string of the molecule is CCCc1ccc2[cH-]c(C(C)(C)C)cc2c1-c1ccccc1C.[Cl][Zr][Cl]. The fourth-order valence-corrected chi connectivity index (χ4v) is 3.41. The summed E-state index contributed by atoms with van der Waals surface area (Å²) >= 11 is -0.826. The van der Waals surface area contributed by atoms with Crippen LogP contribution in [0.15, 0.2) is 48.5 Å². The van der Waals surface area contributed by atoms with Gasteiger partial charge in [0.25, 0.3) is 0 Å². The van der Waals surface area contributed by atoms with Crippen molar-refractivity contribution in [3.8, 4) is 11.1 Å². The first-order valence-electron chi connectivity index (χ1n) is 9.08. The third-order valence-electron chi connectivity index (χ3n) is 4.78. The van der Waals surface area contributed by atoms with Gasteiger partial charge in [0.15, 0.2) is 0 Å². The Morgan fingerprint density at radius 1 is 1.04 bits per heavy atom. The zero-order valence-corrected chi connectivity index (χ0v) is 20.3. The fraction of sp³-hybridized carbons (Fsp3) is 0.348. The molecule has 138 valence electrons. The van der Waals surface area contributed by atoms with Gasteiger partial charge in [0.1, 0.15) is 0 Å². The summed E-state index contributed by atoms with van der Waals surface area (Å²) in [5.74, 6) is 0. The number of hydrogen-bond donors (Lipinski definition) is 0. The van der Waals surface area contributed by atoms with Crippen LogP contribution in [0, 0.1) is 6.92 Å². The van der Waals surface area contributed by atoms with Gasteiger partial charge in [-0.05, 0) is 29.9 Å². The molecule has 0 N–H and O–H groups in total. The molecule has 0 unspecified atom stereocenters.